The Morgan fingerprint density at radius 3 is 2.85 bits per heavy atom. The van der Waals surface area contributed by atoms with E-state index < -0.39 is 0 Å². The van der Waals surface area contributed by atoms with Gasteiger partial charge in [0.25, 0.3) is 0 Å². The molecule has 0 atom stereocenters. The zero-order chi connectivity index (χ0) is 13.4. The van der Waals surface area contributed by atoms with Gasteiger partial charge in [0.2, 0.25) is 5.95 Å². The normalized spacial score (nSPS) is 12.6. The van der Waals surface area contributed by atoms with Gasteiger partial charge in [-0.3, -0.25) is 0 Å². The van der Waals surface area contributed by atoms with Crippen LogP contribution in [0.5, 0.6) is 0 Å². The van der Waals surface area contributed by atoms with Gasteiger partial charge in [-0.15, -0.1) is 0 Å². The van der Waals surface area contributed by atoms with E-state index in [9.17, 15) is 0 Å². The average molecular weight is 263 g/mol. The Hall–Kier alpha value is -2.62. The van der Waals surface area contributed by atoms with Gasteiger partial charge in [-0.1, -0.05) is 18.2 Å². The molecule has 0 radical (unpaired) electrons. The number of rotatable bonds is 2. The van der Waals surface area contributed by atoms with Crippen molar-refractivity contribution >= 4 is 11.6 Å². The van der Waals surface area contributed by atoms with E-state index in [4.69, 9.17) is 4.42 Å². The maximum Gasteiger partial charge on any atom is 0.227 e. The van der Waals surface area contributed by atoms with Gasteiger partial charge in [0.15, 0.2) is 0 Å². The van der Waals surface area contributed by atoms with Crippen molar-refractivity contribution < 1.29 is 4.42 Å². The number of hydrogen-bond acceptors (Lipinski definition) is 4. The van der Waals surface area contributed by atoms with E-state index in [0.29, 0.717) is 5.95 Å². The summed E-state index contributed by atoms with van der Waals surface area (Å²) in [4.78, 5) is 9.03. The summed E-state index contributed by atoms with van der Waals surface area (Å²) in [6.45, 7) is 0. The van der Waals surface area contributed by atoms with Crippen LogP contribution in [0.25, 0.3) is 11.3 Å². The Morgan fingerprint density at radius 2 is 1.95 bits per heavy atom. The van der Waals surface area contributed by atoms with E-state index in [1.165, 1.54) is 5.56 Å². The smallest absolute Gasteiger partial charge is 0.227 e. The lowest BCUT2D eigenvalue weighted by Gasteiger charge is -2.15. The molecular formula is C16H13N3O. The van der Waals surface area contributed by atoms with Crippen LogP contribution in [0, 0.1) is 0 Å². The summed E-state index contributed by atoms with van der Waals surface area (Å²) in [5.41, 5.74) is 4.23. The monoisotopic (exact) mass is 263 g/mol. The number of nitrogens with one attached hydrogen (secondary N) is 1. The molecule has 1 aromatic carbocycles. The van der Waals surface area contributed by atoms with Crippen molar-refractivity contribution in [3.05, 3.63) is 60.2 Å². The number of para-hydroxylation sites is 1. The van der Waals surface area contributed by atoms with E-state index in [0.717, 1.165) is 35.5 Å². The molecular weight excluding hydrogens is 250 g/mol. The van der Waals surface area contributed by atoms with Crippen LogP contribution in [-0.4, -0.2) is 9.97 Å². The van der Waals surface area contributed by atoms with Crippen LogP contribution in [0.3, 0.4) is 0 Å². The van der Waals surface area contributed by atoms with Crippen molar-refractivity contribution in [2.45, 2.75) is 12.8 Å². The van der Waals surface area contributed by atoms with Gasteiger partial charge in [-0.2, -0.15) is 0 Å². The summed E-state index contributed by atoms with van der Waals surface area (Å²) < 4.78 is 5.49. The Kier molecular flexibility index (Phi) is 2.52. The second-order valence-electron chi connectivity index (χ2n) is 4.82. The van der Waals surface area contributed by atoms with Crippen molar-refractivity contribution in [1.82, 2.24) is 9.97 Å². The van der Waals surface area contributed by atoms with Crippen LogP contribution in [0.4, 0.5) is 11.6 Å². The maximum absolute atomic E-state index is 5.49. The van der Waals surface area contributed by atoms with Crippen LogP contribution in [0.2, 0.25) is 0 Å². The highest BCUT2D eigenvalue weighted by Gasteiger charge is 2.20. The first-order valence-electron chi connectivity index (χ1n) is 6.65. The van der Waals surface area contributed by atoms with E-state index in [2.05, 4.69) is 15.3 Å². The Morgan fingerprint density at radius 1 is 1.05 bits per heavy atom. The molecule has 2 heterocycles. The molecule has 0 amide bonds. The van der Waals surface area contributed by atoms with E-state index in [-0.39, 0.29) is 0 Å². The van der Waals surface area contributed by atoms with Crippen molar-refractivity contribution in [3.8, 4) is 11.3 Å². The van der Waals surface area contributed by atoms with Crippen LogP contribution in [0.15, 0.2) is 53.3 Å². The molecule has 4 rings (SSSR count). The summed E-state index contributed by atoms with van der Waals surface area (Å²) in [5, 5.41) is 3.22. The Labute approximate surface area is 116 Å². The van der Waals surface area contributed by atoms with Gasteiger partial charge in [-0.05, 0) is 30.2 Å². The van der Waals surface area contributed by atoms with Crippen molar-refractivity contribution in [1.29, 1.82) is 0 Å². The number of aromatic nitrogens is 2. The van der Waals surface area contributed by atoms with Gasteiger partial charge < -0.3 is 9.73 Å². The molecule has 4 nitrogen and oxygen atoms in total. The lowest BCUT2D eigenvalue weighted by Crippen LogP contribution is -2.07. The molecule has 98 valence electrons. The highest BCUT2D eigenvalue weighted by molar-refractivity contribution is 5.69. The minimum atomic E-state index is 0.615. The number of hydrogen-bond donors (Lipinski definition) is 1. The number of fused-ring (bicyclic) bond motifs is 3. The fourth-order valence-corrected chi connectivity index (χ4v) is 2.53. The van der Waals surface area contributed by atoms with Crippen LogP contribution in [0.1, 0.15) is 11.3 Å². The van der Waals surface area contributed by atoms with Gasteiger partial charge in [0, 0.05) is 23.9 Å². The molecule has 2 aromatic heterocycles. The van der Waals surface area contributed by atoms with E-state index in [1.54, 1.807) is 6.26 Å². The molecule has 4 heteroatoms. The largest absolute Gasteiger partial charge is 0.469 e. The first kappa shape index (κ1) is 11.2. The average Bonchev–Trinajstić information content (AvgIpc) is 2.97. The molecule has 0 fully saturated rings. The fourth-order valence-electron chi connectivity index (χ4n) is 2.53. The molecule has 0 aliphatic heterocycles. The predicted molar refractivity (Wildman–Crippen MR) is 76.9 cm³/mol. The third-order valence-electron chi connectivity index (χ3n) is 3.52. The van der Waals surface area contributed by atoms with E-state index in [1.807, 2.05) is 42.6 Å². The summed E-state index contributed by atoms with van der Waals surface area (Å²) >= 11 is 0. The minimum Gasteiger partial charge on any atom is -0.469 e. The molecule has 1 aliphatic rings. The molecule has 1 N–H and O–H groups in total. The van der Waals surface area contributed by atoms with Crippen LogP contribution >= 0.6 is 0 Å². The second kappa shape index (κ2) is 4.49. The zero-order valence-electron chi connectivity index (χ0n) is 10.8. The second-order valence-corrected chi connectivity index (χ2v) is 4.82. The van der Waals surface area contributed by atoms with Crippen LogP contribution in [-0.2, 0) is 12.8 Å². The SMILES string of the molecule is c1ccc(Nc2ncc3c(n2)-c2ccoc2CC3)cc1. The molecule has 0 saturated carbocycles. The quantitative estimate of drug-likeness (QED) is 0.767. The van der Waals surface area contributed by atoms with Gasteiger partial charge in [0.1, 0.15) is 5.76 Å². The standard InChI is InChI=1S/C16H13N3O/c1-2-4-12(5-3-1)18-16-17-10-11-6-7-14-13(8-9-20-14)15(11)19-16/h1-5,8-10H,6-7H2,(H,17,18,19). The molecule has 0 saturated heterocycles. The minimum absolute atomic E-state index is 0.615. The number of aryl methyl sites for hydroxylation is 2. The number of nitrogens with zero attached hydrogens (tertiary/aromatic N) is 2. The molecule has 0 spiro atoms. The van der Waals surface area contributed by atoms with Crippen molar-refractivity contribution in [2.24, 2.45) is 0 Å². The topological polar surface area (TPSA) is 51.0 Å². The predicted octanol–water partition coefficient (Wildman–Crippen LogP) is 3.58. The third kappa shape index (κ3) is 1.86. The molecule has 0 bridgehead atoms. The third-order valence-corrected chi connectivity index (χ3v) is 3.52. The molecule has 1 aliphatic carbocycles. The number of benzene rings is 1. The highest BCUT2D eigenvalue weighted by Crippen LogP contribution is 2.33. The summed E-state index contributed by atoms with van der Waals surface area (Å²) in [6.07, 6.45) is 5.49. The molecule has 3 aromatic rings. The fraction of sp³-hybridized carbons (Fsp3) is 0.125. The lowest BCUT2D eigenvalue weighted by atomic mass is 9.96. The van der Waals surface area contributed by atoms with Gasteiger partial charge in [0.05, 0.1) is 12.0 Å². The van der Waals surface area contributed by atoms with Gasteiger partial charge in [-0.25, -0.2) is 9.97 Å². The summed E-state index contributed by atoms with van der Waals surface area (Å²) in [6, 6.07) is 11.9. The number of furan rings is 1. The Balaban J connectivity index is 1.73. The summed E-state index contributed by atoms with van der Waals surface area (Å²) in [5.74, 6) is 1.63. The summed E-state index contributed by atoms with van der Waals surface area (Å²) in [7, 11) is 0. The molecule has 20 heavy (non-hydrogen) atoms. The first-order chi connectivity index (χ1) is 9.90. The van der Waals surface area contributed by atoms with Crippen molar-refractivity contribution in [3.63, 3.8) is 0 Å². The maximum atomic E-state index is 5.49. The van der Waals surface area contributed by atoms with E-state index >= 15 is 0 Å². The Bertz CT molecular complexity index is 749. The lowest BCUT2D eigenvalue weighted by molar-refractivity contribution is 0.506. The van der Waals surface area contributed by atoms with Crippen LogP contribution < -0.4 is 5.32 Å². The van der Waals surface area contributed by atoms with Crippen molar-refractivity contribution in [2.75, 3.05) is 5.32 Å². The zero-order valence-corrected chi connectivity index (χ0v) is 10.8. The molecule has 0 unspecified atom stereocenters. The first-order valence-corrected chi connectivity index (χ1v) is 6.65. The van der Waals surface area contributed by atoms with Gasteiger partial charge >= 0.3 is 0 Å². The number of anilines is 2. The highest BCUT2D eigenvalue weighted by atomic mass is 16.3.